The fourth-order valence-electron chi connectivity index (χ4n) is 0.956. The van der Waals surface area contributed by atoms with Crippen LogP contribution in [0.3, 0.4) is 0 Å². The van der Waals surface area contributed by atoms with Crippen molar-refractivity contribution >= 4 is 83.7 Å². The van der Waals surface area contributed by atoms with Gasteiger partial charge in [0, 0.05) is 10.7 Å². The average Bonchev–Trinajstić information content (AvgIpc) is 2.20. The summed E-state index contributed by atoms with van der Waals surface area (Å²) in [5, 5.41) is 0. The van der Waals surface area contributed by atoms with Crippen LogP contribution in [0.5, 0.6) is 0 Å². The van der Waals surface area contributed by atoms with Crippen LogP contribution < -0.4 is 4.72 Å². The quantitative estimate of drug-likeness (QED) is 0.404. The number of sulfonamides is 1. The van der Waals surface area contributed by atoms with Gasteiger partial charge in [0.2, 0.25) is 0 Å². The monoisotopic (exact) mass is 631 g/mol. The van der Waals surface area contributed by atoms with E-state index in [0.717, 1.165) is 4.72 Å². The number of carbonyl (C=O) groups is 1. The van der Waals surface area contributed by atoms with Gasteiger partial charge in [-0.1, -0.05) is 0 Å². The highest BCUT2D eigenvalue weighted by molar-refractivity contribution is 14.1. The molecule has 106 valence electrons. The Morgan fingerprint density at radius 3 is 2.16 bits per heavy atom. The fourth-order valence-corrected chi connectivity index (χ4v) is 3.83. The number of halogens is 6. The van der Waals surface area contributed by atoms with E-state index in [2.05, 4.69) is 0 Å². The van der Waals surface area contributed by atoms with Gasteiger partial charge in [0.05, 0.1) is 5.56 Å². The molecule has 0 spiro atoms. The first-order valence-electron chi connectivity index (χ1n) is 4.23. The highest BCUT2D eigenvalue weighted by Gasteiger charge is 2.47. The van der Waals surface area contributed by atoms with Crippen LogP contribution >= 0.6 is 67.8 Å². The molecule has 0 heterocycles. The Morgan fingerprint density at radius 1 is 1.16 bits per heavy atom. The lowest BCUT2D eigenvalue weighted by Crippen LogP contribution is -2.40. The minimum absolute atomic E-state index is 0.121. The maximum absolute atomic E-state index is 12.2. The van der Waals surface area contributed by atoms with Crippen LogP contribution in [0.2, 0.25) is 0 Å². The zero-order chi connectivity index (χ0) is 15.0. The van der Waals surface area contributed by atoms with Gasteiger partial charge in [-0.2, -0.15) is 21.6 Å². The molecule has 0 aliphatic carbocycles. The second kappa shape index (κ2) is 6.17. The summed E-state index contributed by atoms with van der Waals surface area (Å²) in [6.07, 6.45) is 0. The van der Waals surface area contributed by atoms with Crippen LogP contribution in [0.1, 0.15) is 10.4 Å². The van der Waals surface area contributed by atoms with Gasteiger partial charge >= 0.3 is 15.5 Å². The first kappa shape index (κ1) is 17.7. The molecule has 0 fully saturated rings. The lowest BCUT2D eigenvalue weighted by Gasteiger charge is -2.11. The minimum Gasteiger partial charge on any atom is -0.268 e. The molecular formula is C8H3F3I3NO3S. The van der Waals surface area contributed by atoms with Crippen molar-refractivity contribution in [3.05, 3.63) is 28.4 Å². The SMILES string of the molecule is O=C(NS(=O)(=O)C(F)(F)F)c1cc(I)cc(I)c1I. The highest BCUT2D eigenvalue weighted by atomic mass is 127. The van der Waals surface area contributed by atoms with E-state index in [9.17, 15) is 26.4 Å². The predicted molar refractivity (Wildman–Crippen MR) is 87.0 cm³/mol. The summed E-state index contributed by atoms with van der Waals surface area (Å²) in [6, 6.07) is 3.02. The molecule has 11 heteroatoms. The molecule has 0 aromatic heterocycles. The van der Waals surface area contributed by atoms with Gasteiger partial charge in [-0.25, -0.2) is 4.72 Å². The summed E-state index contributed by atoms with van der Waals surface area (Å²) in [6.45, 7) is 0. The summed E-state index contributed by atoms with van der Waals surface area (Å²) in [5.41, 5.74) is -5.65. The molecule has 0 saturated heterocycles. The van der Waals surface area contributed by atoms with E-state index in [-0.39, 0.29) is 5.56 Å². The van der Waals surface area contributed by atoms with Crippen molar-refractivity contribution in [2.24, 2.45) is 0 Å². The standard InChI is InChI=1S/C8H3F3I3NO3S/c9-8(10,11)19(17,18)15-7(16)4-1-3(12)2-5(13)6(4)14/h1-2H,(H,15,16). The third-order valence-electron chi connectivity index (χ3n) is 1.77. The topological polar surface area (TPSA) is 63.2 Å². The van der Waals surface area contributed by atoms with Gasteiger partial charge < -0.3 is 0 Å². The third kappa shape index (κ3) is 4.29. The summed E-state index contributed by atoms with van der Waals surface area (Å²) < 4.78 is 60.8. The molecule has 0 bridgehead atoms. The molecule has 1 rings (SSSR count). The van der Waals surface area contributed by atoms with Crippen molar-refractivity contribution in [3.8, 4) is 0 Å². The average molecular weight is 631 g/mol. The van der Waals surface area contributed by atoms with E-state index < -0.39 is 21.4 Å². The Kier molecular flexibility index (Phi) is 5.73. The zero-order valence-electron chi connectivity index (χ0n) is 8.56. The Balaban J connectivity index is 3.18. The molecule has 1 N–H and O–H groups in total. The number of benzene rings is 1. The lowest BCUT2D eigenvalue weighted by molar-refractivity contribution is -0.0446. The summed E-state index contributed by atoms with van der Waals surface area (Å²) in [7, 11) is -5.70. The molecule has 19 heavy (non-hydrogen) atoms. The molecule has 0 aliphatic rings. The fraction of sp³-hybridized carbons (Fsp3) is 0.125. The summed E-state index contributed by atoms with van der Waals surface area (Å²) in [5.74, 6) is -1.31. The third-order valence-corrected chi connectivity index (χ3v) is 6.50. The number of rotatable bonds is 2. The van der Waals surface area contributed by atoms with E-state index in [1.807, 2.05) is 45.2 Å². The van der Waals surface area contributed by atoms with E-state index >= 15 is 0 Å². The summed E-state index contributed by atoms with van der Waals surface area (Å²) >= 11 is 5.53. The Labute approximate surface area is 147 Å². The van der Waals surface area contributed by atoms with Crippen molar-refractivity contribution in [1.82, 2.24) is 4.72 Å². The number of hydrogen-bond acceptors (Lipinski definition) is 3. The van der Waals surface area contributed by atoms with E-state index in [1.165, 1.54) is 6.07 Å². The normalized spacial score (nSPS) is 12.3. The minimum atomic E-state index is -5.70. The van der Waals surface area contributed by atoms with Crippen LogP contribution in [0, 0.1) is 10.7 Å². The Morgan fingerprint density at radius 2 is 1.68 bits per heavy atom. The Hall–Kier alpha value is 0.620. The number of carbonyl (C=O) groups excluding carboxylic acids is 1. The second-order valence-corrected chi connectivity index (χ2v) is 8.29. The second-order valence-electron chi connectivity index (χ2n) is 3.13. The maximum Gasteiger partial charge on any atom is 0.516 e. The molecule has 0 unspecified atom stereocenters. The zero-order valence-corrected chi connectivity index (χ0v) is 15.8. The number of nitrogens with one attached hydrogen (secondary N) is 1. The summed E-state index contributed by atoms with van der Waals surface area (Å²) in [4.78, 5) is 11.6. The molecule has 1 aromatic rings. The molecule has 0 radical (unpaired) electrons. The largest absolute Gasteiger partial charge is 0.516 e. The molecule has 0 aliphatic heterocycles. The molecule has 0 saturated carbocycles. The van der Waals surface area contributed by atoms with Crippen molar-refractivity contribution in [2.45, 2.75) is 5.51 Å². The van der Waals surface area contributed by atoms with E-state index in [1.54, 1.807) is 28.7 Å². The van der Waals surface area contributed by atoms with Gasteiger partial charge in [0.25, 0.3) is 5.91 Å². The van der Waals surface area contributed by atoms with Crippen LogP contribution in [0.15, 0.2) is 12.1 Å². The first-order chi connectivity index (χ1) is 8.45. The van der Waals surface area contributed by atoms with Crippen LogP contribution in [-0.4, -0.2) is 19.8 Å². The molecule has 0 atom stereocenters. The lowest BCUT2D eigenvalue weighted by atomic mass is 10.2. The first-order valence-corrected chi connectivity index (χ1v) is 8.95. The van der Waals surface area contributed by atoms with Crippen molar-refractivity contribution in [2.75, 3.05) is 0 Å². The van der Waals surface area contributed by atoms with E-state index in [0.29, 0.717) is 10.7 Å². The molecule has 1 amide bonds. The maximum atomic E-state index is 12.2. The van der Waals surface area contributed by atoms with Gasteiger partial charge in [0.15, 0.2) is 0 Å². The van der Waals surface area contributed by atoms with Gasteiger partial charge in [-0.05, 0) is 79.9 Å². The van der Waals surface area contributed by atoms with Gasteiger partial charge in [-0.3, -0.25) is 4.79 Å². The number of alkyl halides is 3. The van der Waals surface area contributed by atoms with Gasteiger partial charge in [0.1, 0.15) is 0 Å². The van der Waals surface area contributed by atoms with Crippen LogP contribution in [0.4, 0.5) is 13.2 Å². The van der Waals surface area contributed by atoms with Crippen molar-refractivity contribution < 1.29 is 26.4 Å². The molecule has 1 aromatic carbocycles. The molecule has 4 nitrogen and oxygen atoms in total. The van der Waals surface area contributed by atoms with Crippen LogP contribution in [0.25, 0.3) is 0 Å². The Bertz CT molecular complexity index is 630. The molecular weight excluding hydrogens is 628 g/mol. The van der Waals surface area contributed by atoms with E-state index in [4.69, 9.17) is 0 Å². The smallest absolute Gasteiger partial charge is 0.268 e. The van der Waals surface area contributed by atoms with Crippen molar-refractivity contribution in [1.29, 1.82) is 0 Å². The van der Waals surface area contributed by atoms with Gasteiger partial charge in [-0.15, -0.1) is 0 Å². The van der Waals surface area contributed by atoms with Crippen molar-refractivity contribution in [3.63, 3.8) is 0 Å². The van der Waals surface area contributed by atoms with Crippen LogP contribution in [-0.2, 0) is 10.0 Å². The highest BCUT2D eigenvalue weighted by Crippen LogP contribution is 2.25. The number of hydrogen-bond donors (Lipinski definition) is 1. The number of amides is 1. The predicted octanol–water partition coefficient (Wildman–Crippen LogP) is 3.08.